The first kappa shape index (κ1) is 15.4. The maximum atomic E-state index is 6.12. The lowest BCUT2D eigenvalue weighted by atomic mass is 10.2. The molecular formula is C16H21N3OSi. The third-order valence-electron chi connectivity index (χ3n) is 2.75. The van der Waals surface area contributed by atoms with Crippen LogP contribution in [0.15, 0.2) is 41.8 Å². The first-order valence-corrected chi connectivity index (χ1v) is 10.4. The number of benzene rings is 1. The fourth-order valence-corrected chi connectivity index (χ4v) is 2.69. The Morgan fingerprint density at radius 3 is 2.57 bits per heavy atom. The van der Waals surface area contributed by atoms with Crippen LogP contribution in [0.2, 0.25) is 19.6 Å². The Bertz CT molecular complexity index is 648. The quantitative estimate of drug-likeness (QED) is 0.629. The molecule has 2 aromatic rings. The zero-order chi connectivity index (χ0) is 15.5. The predicted molar refractivity (Wildman–Crippen MR) is 89.1 cm³/mol. The van der Waals surface area contributed by atoms with Gasteiger partial charge in [0, 0.05) is 12.4 Å². The van der Waals surface area contributed by atoms with Gasteiger partial charge in [-0.25, -0.2) is 4.99 Å². The molecule has 0 amide bonds. The molecule has 0 aliphatic heterocycles. The van der Waals surface area contributed by atoms with Gasteiger partial charge in [0.2, 0.25) is 8.32 Å². The molecule has 0 saturated heterocycles. The number of hydrogen-bond acceptors (Lipinski definition) is 4. The van der Waals surface area contributed by atoms with Crippen molar-refractivity contribution in [2.24, 2.45) is 4.99 Å². The summed E-state index contributed by atoms with van der Waals surface area (Å²) < 4.78 is 6.12. The first-order valence-electron chi connectivity index (χ1n) is 6.96. The summed E-state index contributed by atoms with van der Waals surface area (Å²) in [5, 5.41) is 0. The summed E-state index contributed by atoms with van der Waals surface area (Å²) in [5.41, 5.74) is 3.61. The van der Waals surface area contributed by atoms with Gasteiger partial charge in [-0.05, 0) is 51.2 Å². The average molecular weight is 299 g/mol. The van der Waals surface area contributed by atoms with E-state index in [4.69, 9.17) is 4.43 Å². The molecule has 2 rings (SSSR count). The minimum absolute atomic E-state index is 0.776. The Hall–Kier alpha value is -2.01. The molecule has 1 aromatic heterocycles. The van der Waals surface area contributed by atoms with Crippen LogP contribution < -0.4 is 4.43 Å². The van der Waals surface area contributed by atoms with Crippen LogP contribution in [0.1, 0.15) is 18.2 Å². The van der Waals surface area contributed by atoms with E-state index in [1.165, 1.54) is 0 Å². The third kappa shape index (κ3) is 4.49. The molecule has 0 saturated carbocycles. The van der Waals surface area contributed by atoms with E-state index in [-0.39, 0.29) is 0 Å². The monoisotopic (exact) mass is 299 g/mol. The molecule has 0 fully saturated rings. The van der Waals surface area contributed by atoms with Crippen molar-refractivity contribution >= 4 is 19.7 Å². The molecule has 21 heavy (non-hydrogen) atoms. The van der Waals surface area contributed by atoms with Crippen molar-refractivity contribution in [3.8, 4) is 5.75 Å². The highest BCUT2D eigenvalue weighted by molar-refractivity contribution is 6.70. The van der Waals surface area contributed by atoms with Crippen LogP contribution in [0.3, 0.4) is 0 Å². The highest BCUT2D eigenvalue weighted by Gasteiger charge is 2.18. The van der Waals surface area contributed by atoms with E-state index >= 15 is 0 Å². The van der Waals surface area contributed by atoms with Crippen molar-refractivity contribution in [2.45, 2.75) is 33.5 Å². The summed E-state index contributed by atoms with van der Waals surface area (Å²) in [6.07, 6.45) is 5.04. The van der Waals surface area contributed by atoms with Gasteiger partial charge in [0.05, 0.1) is 11.9 Å². The molecule has 0 atom stereocenters. The van der Waals surface area contributed by atoms with Crippen LogP contribution in [0.5, 0.6) is 5.75 Å². The first-order chi connectivity index (χ1) is 9.85. The Morgan fingerprint density at radius 1 is 1.19 bits per heavy atom. The molecule has 1 aromatic carbocycles. The standard InChI is InChI=1S/C16H21N3OSi/c1-12-6-7-16(20-21(3,4)5)14(10-12)19-13(2)15-11-17-8-9-18-15/h6-11H,1-5H3. The average Bonchev–Trinajstić information content (AvgIpc) is 2.41. The van der Waals surface area contributed by atoms with Crippen LogP contribution in [0.25, 0.3) is 0 Å². The lowest BCUT2D eigenvalue weighted by Gasteiger charge is -2.20. The molecule has 1 heterocycles. The number of hydrogen-bond donors (Lipinski definition) is 0. The topological polar surface area (TPSA) is 47.4 Å². The summed E-state index contributed by atoms with van der Waals surface area (Å²) >= 11 is 0. The largest absolute Gasteiger partial charge is 0.543 e. The van der Waals surface area contributed by atoms with Crippen molar-refractivity contribution in [1.82, 2.24) is 9.97 Å². The molecule has 0 aliphatic rings. The fourth-order valence-electron chi connectivity index (χ4n) is 1.85. The van der Waals surface area contributed by atoms with Gasteiger partial charge in [-0.15, -0.1) is 0 Å². The number of aryl methyl sites for hydroxylation is 1. The van der Waals surface area contributed by atoms with Gasteiger partial charge >= 0.3 is 0 Å². The van der Waals surface area contributed by atoms with E-state index in [9.17, 15) is 0 Å². The van der Waals surface area contributed by atoms with E-state index in [2.05, 4.69) is 41.5 Å². The van der Waals surface area contributed by atoms with Crippen molar-refractivity contribution in [3.63, 3.8) is 0 Å². The second-order valence-corrected chi connectivity index (χ2v) is 10.4. The molecule has 5 heteroatoms. The van der Waals surface area contributed by atoms with Crippen LogP contribution in [0, 0.1) is 6.92 Å². The van der Waals surface area contributed by atoms with Crippen LogP contribution >= 0.6 is 0 Å². The predicted octanol–water partition coefficient (Wildman–Crippen LogP) is 4.14. The van der Waals surface area contributed by atoms with Gasteiger partial charge in [-0.3, -0.25) is 9.97 Å². The number of aromatic nitrogens is 2. The SMILES string of the molecule is CC(=Nc1cc(C)ccc1O[Si](C)(C)C)c1cnccn1. The van der Waals surface area contributed by atoms with Crippen molar-refractivity contribution in [1.29, 1.82) is 0 Å². The molecule has 0 radical (unpaired) electrons. The highest BCUT2D eigenvalue weighted by atomic mass is 28.4. The Morgan fingerprint density at radius 2 is 1.95 bits per heavy atom. The molecule has 110 valence electrons. The van der Waals surface area contributed by atoms with Crippen LogP contribution in [-0.2, 0) is 0 Å². The summed E-state index contributed by atoms with van der Waals surface area (Å²) in [4.78, 5) is 13.0. The van der Waals surface area contributed by atoms with Crippen LogP contribution in [-0.4, -0.2) is 24.0 Å². The zero-order valence-corrected chi connectivity index (χ0v) is 14.2. The summed E-state index contributed by atoms with van der Waals surface area (Å²) in [6, 6.07) is 6.08. The van der Waals surface area contributed by atoms with E-state index in [0.717, 1.165) is 28.4 Å². The second-order valence-electron chi connectivity index (χ2n) is 5.97. The lowest BCUT2D eigenvalue weighted by molar-refractivity contribution is 0.559. The molecule has 0 spiro atoms. The van der Waals surface area contributed by atoms with Crippen LogP contribution in [0.4, 0.5) is 5.69 Å². The zero-order valence-electron chi connectivity index (χ0n) is 13.2. The Labute approximate surface area is 127 Å². The van der Waals surface area contributed by atoms with Gasteiger partial charge in [0.15, 0.2) is 0 Å². The Balaban J connectivity index is 2.41. The number of rotatable bonds is 4. The summed E-state index contributed by atoms with van der Waals surface area (Å²) in [5.74, 6) is 0.836. The second kappa shape index (κ2) is 6.18. The molecule has 0 bridgehead atoms. The number of aliphatic imine (C=N–C) groups is 1. The molecule has 0 N–H and O–H groups in total. The molecule has 0 unspecified atom stereocenters. The number of nitrogens with zero attached hydrogens (tertiary/aromatic N) is 3. The van der Waals surface area contributed by atoms with Gasteiger partial charge in [0.1, 0.15) is 17.1 Å². The molecule has 4 nitrogen and oxygen atoms in total. The van der Waals surface area contributed by atoms with Gasteiger partial charge in [-0.2, -0.15) is 0 Å². The van der Waals surface area contributed by atoms with Gasteiger partial charge in [0.25, 0.3) is 0 Å². The summed E-state index contributed by atoms with van der Waals surface area (Å²) in [6.45, 7) is 10.5. The van der Waals surface area contributed by atoms with Crippen molar-refractivity contribution in [2.75, 3.05) is 0 Å². The van der Waals surface area contributed by atoms with Gasteiger partial charge in [-0.1, -0.05) is 6.07 Å². The fraction of sp³-hybridized carbons (Fsp3) is 0.312. The van der Waals surface area contributed by atoms with Crippen molar-refractivity contribution in [3.05, 3.63) is 48.0 Å². The Kier molecular flexibility index (Phi) is 4.52. The minimum Gasteiger partial charge on any atom is -0.543 e. The minimum atomic E-state index is -1.67. The van der Waals surface area contributed by atoms with E-state index < -0.39 is 8.32 Å². The normalized spacial score (nSPS) is 12.3. The van der Waals surface area contributed by atoms with E-state index in [1.807, 2.05) is 25.1 Å². The smallest absolute Gasteiger partial charge is 0.242 e. The lowest BCUT2D eigenvalue weighted by Crippen LogP contribution is -2.29. The van der Waals surface area contributed by atoms with Crippen molar-refractivity contribution < 1.29 is 4.43 Å². The highest BCUT2D eigenvalue weighted by Crippen LogP contribution is 2.31. The third-order valence-corrected chi connectivity index (χ3v) is 3.58. The maximum Gasteiger partial charge on any atom is 0.242 e. The van der Waals surface area contributed by atoms with E-state index in [1.54, 1.807) is 18.6 Å². The van der Waals surface area contributed by atoms with Gasteiger partial charge < -0.3 is 4.43 Å². The maximum absolute atomic E-state index is 6.12. The molecule has 0 aliphatic carbocycles. The molecular weight excluding hydrogens is 278 g/mol. The summed E-state index contributed by atoms with van der Waals surface area (Å²) in [7, 11) is -1.67. The van der Waals surface area contributed by atoms with E-state index in [0.29, 0.717) is 0 Å².